The molecule has 0 spiro atoms. The molecule has 2 aromatic carbocycles. The van der Waals surface area contributed by atoms with Crippen LogP contribution in [-0.2, 0) is 19.1 Å². The molecule has 3 unspecified atom stereocenters. The van der Waals surface area contributed by atoms with Gasteiger partial charge in [0.15, 0.2) is 0 Å². The maximum Gasteiger partial charge on any atom is 0.343 e. The first-order valence-corrected chi connectivity index (χ1v) is 12.8. The summed E-state index contributed by atoms with van der Waals surface area (Å²) in [6.07, 6.45) is 4.07. The van der Waals surface area contributed by atoms with E-state index in [1.807, 2.05) is 6.92 Å². The van der Waals surface area contributed by atoms with E-state index in [9.17, 15) is 14.4 Å². The van der Waals surface area contributed by atoms with Crippen molar-refractivity contribution in [1.29, 1.82) is 0 Å². The molecule has 38 heavy (non-hydrogen) atoms. The van der Waals surface area contributed by atoms with E-state index in [0.717, 1.165) is 31.8 Å². The number of cyclic esters (lactones) is 1. The first-order valence-electron chi connectivity index (χ1n) is 12.8. The highest BCUT2D eigenvalue weighted by atomic mass is 16.7. The third kappa shape index (κ3) is 8.23. The zero-order valence-electron chi connectivity index (χ0n) is 21.9. The van der Waals surface area contributed by atoms with Gasteiger partial charge < -0.3 is 23.7 Å². The smallest absolute Gasteiger partial charge is 0.343 e. The van der Waals surface area contributed by atoms with Crippen molar-refractivity contribution in [3.05, 3.63) is 78.9 Å². The average Bonchev–Trinajstić information content (AvgIpc) is 3.25. The lowest BCUT2D eigenvalue weighted by atomic mass is 10.0. The van der Waals surface area contributed by atoms with Crippen molar-refractivity contribution in [3.63, 3.8) is 0 Å². The van der Waals surface area contributed by atoms with E-state index < -0.39 is 18.2 Å². The fourth-order valence-corrected chi connectivity index (χ4v) is 3.83. The third-order valence-corrected chi connectivity index (χ3v) is 5.87. The van der Waals surface area contributed by atoms with Crippen LogP contribution in [0.25, 0.3) is 0 Å². The van der Waals surface area contributed by atoms with Gasteiger partial charge in [-0.2, -0.15) is 0 Å². The van der Waals surface area contributed by atoms with Crippen LogP contribution < -0.4 is 14.2 Å². The fraction of sp³-hybridized carbons (Fsp3) is 0.367. The van der Waals surface area contributed by atoms with Gasteiger partial charge in [-0.1, -0.05) is 33.4 Å². The monoisotopic (exact) mass is 522 g/mol. The van der Waals surface area contributed by atoms with Crippen molar-refractivity contribution in [2.24, 2.45) is 0 Å². The van der Waals surface area contributed by atoms with E-state index in [2.05, 4.69) is 20.1 Å². The van der Waals surface area contributed by atoms with Crippen molar-refractivity contribution < 1.29 is 38.1 Å². The molecule has 202 valence electrons. The molecule has 3 rings (SSSR count). The second-order valence-corrected chi connectivity index (χ2v) is 8.91. The van der Waals surface area contributed by atoms with Crippen LogP contribution in [0.5, 0.6) is 17.2 Å². The molecule has 0 N–H and O–H groups in total. The van der Waals surface area contributed by atoms with Gasteiger partial charge in [-0.3, -0.25) is 0 Å². The molecule has 0 bridgehead atoms. The Labute approximate surface area is 223 Å². The molecule has 0 amide bonds. The van der Waals surface area contributed by atoms with Gasteiger partial charge in [0, 0.05) is 24.5 Å². The minimum Gasteiger partial charge on any atom is -0.487 e. The molecule has 1 heterocycles. The molecule has 0 aliphatic carbocycles. The Hall–Kier alpha value is -4.07. The van der Waals surface area contributed by atoms with Gasteiger partial charge in [0.2, 0.25) is 6.29 Å². The van der Waals surface area contributed by atoms with Crippen LogP contribution in [-0.4, -0.2) is 36.4 Å². The highest BCUT2D eigenvalue weighted by Crippen LogP contribution is 2.28. The van der Waals surface area contributed by atoms with Gasteiger partial charge >= 0.3 is 17.9 Å². The van der Waals surface area contributed by atoms with E-state index in [1.54, 1.807) is 48.5 Å². The molecule has 3 atom stereocenters. The third-order valence-electron chi connectivity index (χ3n) is 5.87. The van der Waals surface area contributed by atoms with Crippen LogP contribution in [0.1, 0.15) is 62.7 Å². The summed E-state index contributed by atoms with van der Waals surface area (Å²) in [7, 11) is 0. The molecule has 1 aliphatic heterocycles. The first kappa shape index (κ1) is 28.5. The molecule has 1 saturated heterocycles. The number of carbonyl (C=O) groups excluding carboxylic acids is 3. The summed E-state index contributed by atoms with van der Waals surface area (Å²) in [5.41, 5.74) is 0.803. The summed E-state index contributed by atoms with van der Waals surface area (Å²) in [5.74, 6) is -0.102. The molecule has 0 aromatic heterocycles. The molecule has 2 aromatic rings. The topological polar surface area (TPSA) is 97.4 Å². The number of unbranched alkanes of at least 4 members (excludes halogenated alkanes) is 1. The van der Waals surface area contributed by atoms with Crippen molar-refractivity contribution in [3.8, 4) is 17.2 Å². The molecule has 8 nitrogen and oxygen atoms in total. The molecule has 1 fully saturated rings. The Morgan fingerprint density at radius 3 is 2.18 bits per heavy atom. The molecular weight excluding hydrogens is 488 g/mol. The SMILES string of the molecule is C=CC(=O)OC(CCC)Oc1ccc(OC(=O)c2ccc(OC(CCCC)C3CC(=C)C(=O)O3)cc2)cc1. The van der Waals surface area contributed by atoms with Crippen molar-refractivity contribution >= 4 is 17.9 Å². The van der Waals surface area contributed by atoms with Crippen molar-refractivity contribution in [2.45, 2.75) is 70.9 Å². The predicted molar refractivity (Wildman–Crippen MR) is 141 cm³/mol. The Morgan fingerprint density at radius 1 is 0.974 bits per heavy atom. The van der Waals surface area contributed by atoms with Gasteiger partial charge in [0.1, 0.15) is 29.5 Å². The van der Waals surface area contributed by atoms with Gasteiger partial charge in [0.05, 0.1) is 5.56 Å². The molecule has 8 heteroatoms. The highest BCUT2D eigenvalue weighted by Gasteiger charge is 2.35. The number of esters is 3. The van der Waals surface area contributed by atoms with Crippen LogP contribution in [0.3, 0.4) is 0 Å². The lowest BCUT2D eigenvalue weighted by Crippen LogP contribution is -2.31. The van der Waals surface area contributed by atoms with Gasteiger partial charge in [-0.15, -0.1) is 0 Å². The van der Waals surface area contributed by atoms with E-state index in [-0.39, 0.29) is 18.2 Å². The summed E-state index contributed by atoms with van der Waals surface area (Å²) in [6.45, 7) is 11.2. The predicted octanol–water partition coefficient (Wildman–Crippen LogP) is 5.95. The Bertz CT molecular complexity index is 1100. The average molecular weight is 523 g/mol. The standard InChI is InChI=1S/C30H34O8/c1-5-8-10-25(26-19-20(4)29(32)37-26)34-22-13-11-21(12-14-22)30(33)36-24-17-15-23(16-18-24)35-28(9-6-2)38-27(31)7-3/h7,11-18,25-26,28H,3-6,8-10,19H2,1-2H3. The summed E-state index contributed by atoms with van der Waals surface area (Å²) < 4.78 is 27.9. The number of hydrogen-bond donors (Lipinski definition) is 0. The second-order valence-electron chi connectivity index (χ2n) is 8.91. The summed E-state index contributed by atoms with van der Waals surface area (Å²) in [5, 5.41) is 0. The number of carbonyl (C=O) groups is 3. The van der Waals surface area contributed by atoms with Crippen molar-refractivity contribution in [2.75, 3.05) is 0 Å². The first-order chi connectivity index (χ1) is 18.3. The summed E-state index contributed by atoms with van der Waals surface area (Å²) in [6, 6.07) is 13.1. The van der Waals surface area contributed by atoms with E-state index in [0.29, 0.717) is 41.2 Å². The maximum absolute atomic E-state index is 12.6. The van der Waals surface area contributed by atoms with Crippen molar-refractivity contribution in [1.82, 2.24) is 0 Å². The highest BCUT2D eigenvalue weighted by molar-refractivity contribution is 5.91. The number of ether oxygens (including phenoxy) is 5. The second kappa shape index (κ2) is 14.0. The maximum atomic E-state index is 12.6. The van der Waals surface area contributed by atoms with Crippen LogP contribution in [0.2, 0.25) is 0 Å². The molecule has 0 saturated carbocycles. The van der Waals surface area contributed by atoms with Crippen LogP contribution in [0.4, 0.5) is 0 Å². The van der Waals surface area contributed by atoms with Gasteiger partial charge in [-0.05, 0) is 67.8 Å². The van der Waals surface area contributed by atoms with Crippen LogP contribution in [0, 0.1) is 0 Å². The number of rotatable bonds is 14. The zero-order valence-corrected chi connectivity index (χ0v) is 21.9. The summed E-state index contributed by atoms with van der Waals surface area (Å²) >= 11 is 0. The van der Waals surface area contributed by atoms with E-state index in [4.69, 9.17) is 23.7 Å². The fourth-order valence-electron chi connectivity index (χ4n) is 3.83. The Kier molecular flexibility index (Phi) is 10.5. The lowest BCUT2D eigenvalue weighted by Gasteiger charge is -2.23. The summed E-state index contributed by atoms with van der Waals surface area (Å²) in [4.78, 5) is 35.9. The normalized spacial score (nSPS) is 16.2. The number of benzene rings is 2. The van der Waals surface area contributed by atoms with E-state index >= 15 is 0 Å². The van der Waals surface area contributed by atoms with Crippen LogP contribution in [0.15, 0.2) is 73.3 Å². The largest absolute Gasteiger partial charge is 0.487 e. The molecule has 1 aliphatic rings. The zero-order chi connectivity index (χ0) is 27.5. The van der Waals surface area contributed by atoms with Gasteiger partial charge in [0.25, 0.3) is 0 Å². The molecule has 0 radical (unpaired) electrons. The van der Waals surface area contributed by atoms with Gasteiger partial charge in [-0.25, -0.2) is 14.4 Å². The quantitative estimate of drug-likeness (QED) is 0.130. The minimum absolute atomic E-state index is 0.297. The minimum atomic E-state index is -0.735. The van der Waals surface area contributed by atoms with Crippen LogP contribution >= 0.6 is 0 Å². The Balaban J connectivity index is 1.57. The van der Waals surface area contributed by atoms with E-state index in [1.165, 1.54) is 0 Å². The molecular formula is C30H34O8. The Morgan fingerprint density at radius 2 is 1.61 bits per heavy atom. The number of hydrogen-bond acceptors (Lipinski definition) is 8. The lowest BCUT2D eigenvalue weighted by molar-refractivity contribution is -0.158.